The molecule has 1 aliphatic heterocycles. The summed E-state index contributed by atoms with van der Waals surface area (Å²) in [6.45, 7) is 0.130. The van der Waals surface area contributed by atoms with Crippen molar-refractivity contribution in [3.05, 3.63) is 35.6 Å². The molecular formula is C16H22F4N4O2S. The largest absolute Gasteiger partial charge is 0.511 e. The summed E-state index contributed by atoms with van der Waals surface area (Å²) in [5.41, 5.74) is -4.32. The summed E-state index contributed by atoms with van der Waals surface area (Å²) in [5.74, 6) is 0.178. The first-order valence-corrected chi connectivity index (χ1v) is 9.85. The van der Waals surface area contributed by atoms with Gasteiger partial charge in [0.1, 0.15) is 5.82 Å². The van der Waals surface area contributed by atoms with Crippen molar-refractivity contribution < 1.29 is 26.0 Å². The van der Waals surface area contributed by atoms with Crippen molar-refractivity contribution in [2.24, 2.45) is 4.99 Å². The van der Waals surface area contributed by atoms with Crippen molar-refractivity contribution in [3.63, 3.8) is 0 Å². The maximum atomic E-state index is 12.9. The van der Waals surface area contributed by atoms with E-state index in [-0.39, 0.29) is 37.8 Å². The fourth-order valence-corrected chi connectivity index (χ4v) is 3.74. The fraction of sp³-hybridized carbons (Fsp3) is 0.562. The normalized spacial score (nSPS) is 17.7. The van der Waals surface area contributed by atoms with Crippen LogP contribution in [0.15, 0.2) is 29.3 Å². The highest BCUT2D eigenvalue weighted by Crippen LogP contribution is 2.28. The number of nitrogens with zero attached hydrogens (tertiary/aromatic N) is 2. The topological polar surface area (TPSA) is 73.8 Å². The van der Waals surface area contributed by atoms with Gasteiger partial charge in [-0.3, -0.25) is 4.99 Å². The number of hydrogen-bond donors (Lipinski definition) is 2. The molecule has 0 radical (unpaired) electrons. The van der Waals surface area contributed by atoms with Gasteiger partial charge in [0.15, 0.2) is 5.96 Å². The van der Waals surface area contributed by atoms with Crippen molar-refractivity contribution in [2.75, 3.05) is 26.7 Å². The van der Waals surface area contributed by atoms with Crippen LogP contribution in [0.5, 0.6) is 0 Å². The summed E-state index contributed by atoms with van der Waals surface area (Å²) in [4.78, 5) is 4.06. The van der Waals surface area contributed by atoms with Gasteiger partial charge >= 0.3 is 15.5 Å². The van der Waals surface area contributed by atoms with Crippen LogP contribution in [-0.4, -0.2) is 56.9 Å². The van der Waals surface area contributed by atoms with Gasteiger partial charge in [0.05, 0.1) is 0 Å². The van der Waals surface area contributed by atoms with E-state index in [0.29, 0.717) is 23.2 Å². The molecule has 0 atom stereocenters. The zero-order valence-corrected chi connectivity index (χ0v) is 15.6. The van der Waals surface area contributed by atoms with Crippen molar-refractivity contribution in [3.8, 4) is 0 Å². The Kier molecular flexibility index (Phi) is 7.04. The monoisotopic (exact) mass is 410 g/mol. The molecule has 11 heteroatoms. The lowest BCUT2D eigenvalue weighted by molar-refractivity contribution is -0.0494. The lowest BCUT2D eigenvalue weighted by atomic mass is 10.1. The predicted octanol–water partition coefficient (Wildman–Crippen LogP) is 1.85. The third-order valence-electron chi connectivity index (χ3n) is 4.27. The van der Waals surface area contributed by atoms with Crippen molar-refractivity contribution in [1.29, 1.82) is 0 Å². The Balaban J connectivity index is 1.78. The lowest BCUT2D eigenvalue weighted by Crippen LogP contribution is -2.51. The van der Waals surface area contributed by atoms with Gasteiger partial charge in [-0.05, 0) is 37.0 Å². The number of hydrogen-bond acceptors (Lipinski definition) is 3. The number of nitrogens with one attached hydrogen (secondary N) is 2. The molecule has 0 bridgehead atoms. The third-order valence-corrected chi connectivity index (χ3v) is 5.90. The zero-order chi connectivity index (χ0) is 20.1. The molecule has 6 nitrogen and oxygen atoms in total. The number of benzene rings is 1. The maximum absolute atomic E-state index is 12.9. The molecule has 0 unspecified atom stereocenters. The predicted molar refractivity (Wildman–Crippen MR) is 94.2 cm³/mol. The van der Waals surface area contributed by atoms with Crippen LogP contribution in [0.4, 0.5) is 17.6 Å². The molecule has 1 aromatic carbocycles. The van der Waals surface area contributed by atoms with Crippen LogP contribution in [0.2, 0.25) is 0 Å². The molecule has 2 N–H and O–H groups in total. The summed E-state index contributed by atoms with van der Waals surface area (Å²) in [5, 5.41) is 6.17. The quantitative estimate of drug-likeness (QED) is 0.442. The molecule has 0 amide bonds. The number of rotatable bonds is 5. The van der Waals surface area contributed by atoms with Gasteiger partial charge in [-0.2, -0.15) is 17.5 Å². The molecule has 1 aliphatic rings. The Morgan fingerprint density at radius 2 is 1.81 bits per heavy atom. The standard InChI is InChI=1S/C16H22F4N4O2S/c1-21-15(22-9-6-12-2-4-13(17)5-3-12)23-14-7-10-24(11-8-14)27(25,26)16(18,19)20/h2-5,14H,6-11H2,1H3,(H2,21,22,23). The van der Waals surface area contributed by atoms with Crippen LogP contribution in [0.25, 0.3) is 0 Å². The van der Waals surface area contributed by atoms with Crippen molar-refractivity contribution in [1.82, 2.24) is 14.9 Å². The van der Waals surface area contributed by atoms with Gasteiger partial charge in [0, 0.05) is 32.7 Å². The van der Waals surface area contributed by atoms with Crippen LogP contribution in [0, 0.1) is 5.82 Å². The lowest BCUT2D eigenvalue weighted by Gasteiger charge is -2.32. The first-order chi connectivity index (χ1) is 12.6. The first kappa shape index (κ1) is 21.4. The number of halogens is 4. The second-order valence-electron chi connectivity index (χ2n) is 6.14. The van der Waals surface area contributed by atoms with Gasteiger partial charge in [0.2, 0.25) is 0 Å². The molecule has 0 saturated carbocycles. The molecule has 2 rings (SSSR count). The van der Waals surface area contributed by atoms with E-state index >= 15 is 0 Å². The number of sulfonamides is 1. The van der Waals surface area contributed by atoms with Gasteiger partial charge in [0.25, 0.3) is 0 Å². The molecular weight excluding hydrogens is 388 g/mol. The minimum absolute atomic E-state index is 0.179. The van der Waals surface area contributed by atoms with E-state index in [4.69, 9.17) is 0 Å². The number of aliphatic imine (C=N–C) groups is 1. The minimum atomic E-state index is -5.27. The van der Waals surface area contributed by atoms with Crippen molar-refractivity contribution in [2.45, 2.75) is 30.8 Å². The van der Waals surface area contributed by atoms with Crippen LogP contribution < -0.4 is 10.6 Å². The van der Waals surface area contributed by atoms with Gasteiger partial charge in [-0.1, -0.05) is 12.1 Å². The maximum Gasteiger partial charge on any atom is 0.511 e. The Hall–Kier alpha value is -1.88. The van der Waals surface area contributed by atoms with Crippen LogP contribution >= 0.6 is 0 Å². The molecule has 152 valence electrons. The highest BCUT2D eigenvalue weighted by Gasteiger charge is 2.50. The molecule has 1 saturated heterocycles. The molecule has 0 spiro atoms. The zero-order valence-electron chi connectivity index (χ0n) is 14.8. The SMILES string of the molecule is CN=C(NCCc1ccc(F)cc1)NC1CCN(S(=O)(=O)C(F)(F)F)CC1. The van der Waals surface area contributed by atoms with Crippen molar-refractivity contribution >= 4 is 16.0 Å². The average Bonchev–Trinajstić information content (AvgIpc) is 2.62. The van der Waals surface area contributed by atoms with Crippen LogP contribution in [0.3, 0.4) is 0 Å². The van der Waals surface area contributed by atoms with E-state index in [2.05, 4.69) is 15.6 Å². The minimum Gasteiger partial charge on any atom is -0.356 e. The van der Waals surface area contributed by atoms with Crippen LogP contribution in [-0.2, 0) is 16.4 Å². The van der Waals surface area contributed by atoms with E-state index in [1.54, 1.807) is 19.2 Å². The highest BCUT2D eigenvalue weighted by atomic mass is 32.2. The average molecular weight is 410 g/mol. The van der Waals surface area contributed by atoms with E-state index in [0.717, 1.165) is 5.56 Å². The summed E-state index contributed by atoms with van der Waals surface area (Å²) < 4.78 is 73.9. The summed E-state index contributed by atoms with van der Waals surface area (Å²) in [6, 6.07) is 5.95. The second-order valence-corrected chi connectivity index (χ2v) is 8.07. The Morgan fingerprint density at radius 3 is 2.33 bits per heavy atom. The summed E-state index contributed by atoms with van der Waals surface area (Å²) in [7, 11) is -3.71. The highest BCUT2D eigenvalue weighted by molar-refractivity contribution is 7.90. The Morgan fingerprint density at radius 1 is 1.22 bits per heavy atom. The smallest absolute Gasteiger partial charge is 0.356 e. The van der Waals surface area contributed by atoms with Crippen LogP contribution in [0.1, 0.15) is 18.4 Å². The number of guanidine groups is 1. The molecule has 0 aromatic heterocycles. The first-order valence-electron chi connectivity index (χ1n) is 8.41. The second kappa shape index (κ2) is 8.87. The van der Waals surface area contributed by atoms with E-state index in [1.807, 2.05) is 0 Å². The van der Waals surface area contributed by atoms with E-state index < -0.39 is 15.5 Å². The fourth-order valence-electron chi connectivity index (χ4n) is 2.75. The van der Waals surface area contributed by atoms with Gasteiger partial charge < -0.3 is 10.6 Å². The molecule has 27 heavy (non-hydrogen) atoms. The number of piperidine rings is 1. The molecule has 0 aliphatic carbocycles. The number of alkyl halides is 3. The summed E-state index contributed by atoms with van der Waals surface area (Å²) in [6.07, 6.45) is 1.13. The third kappa shape index (κ3) is 5.80. The van der Waals surface area contributed by atoms with E-state index in [1.165, 1.54) is 12.1 Å². The Labute approximate surface area is 155 Å². The molecule has 1 fully saturated rings. The van der Waals surface area contributed by atoms with E-state index in [9.17, 15) is 26.0 Å². The molecule has 1 aromatic rings. The Bertz CT molecular complexity index is 743. The molecule has 1 heterocycles. The summed E-state index contributed by atoms with van der Waals surface area (Å²) >= 11 is 0. The van der Waals surface area contributed by atoms with Gasteiger partial charge in [-0.15, -0.1) is 0 Å². The van der Waals surface area contributed by atoms with Gasteiger partial charge in [-0.25, -0.2) is 12.8 Å².